The van der Waals surface area contributed by atoms with Crippen LogP contribution in [0.15, 0.2) is 70.0 Å². The maximum Gasteiger partial charge on any atom is 0.294 e. The van der Waals surface area contributed by atoms with Crippen LogP contribution in [0.3, 0.4) is 0 Å². The number of thioether (sulfide) groups is 1. The predicted molar refractivity (Wildman–Crippen MR) is 149 cm³/mol. The Balaban J connectivity index is 1.49. The van der Waals surface area contributed by atoms with Gasteiger partial charge in [0.25, 0.3) is 11.1 Å². The molecule has 3 amide bonds. The number of halogens is 3. The minimum atomic E-state index is -0.595. The molecule has 0 radical (unpaired) electrons. The molecule has 0 aliphatic carbocycles. The number of hydrogen-bond acceptors (Lipinski definition) is 6. The number of imide groups is 1. The second-order valence-corrected chi connectivity index (χ2v) is 10.2. The Kier molecular flexibility index (Phi) is 9.09. The fourth-order valence-corrected chi connectivity index (χ4v) is 5.11. The molecule has 0 bridgehead atoms. The molecule has 0 saturated carbocycles. The second-order valence-electron chi connectivity index (χ2n) is 7.97. The van der Waals surface area contributed by atoms with Crippen molar-refractivity contribution in [3.63, 3.8) is 0 Å². The Morgan fingerprint density at radius 1 is 1.13 bits per heavy atom. The van der Waals surface area contributed by atoms with Crippen molar-refractivity contribution < 1.29 is 28.2 Å². The van der Waals surface area contributed by atoms with Crippen LogP contribution in [0.25, 0.3) is 6.08 Å². The molecule has 1 aliphatic rings. The van der Waals surface area contributed by atoms with Gasteiger partial charge in [0.15, 0.2) is 11.5 Å². The van der Waals surface area contributed by atoms with Crippen LogP contribution in [0.1, 0.15) is 18.1 Å². The van der Waals surface area contributed by atoms with Crippen molar-refractivity contribution in [2.75, 3.05) is 18.5 Å². The van der Waals surface area contributed by atoms with Crippen molar-refractivity contribution in [3.05, 3.63) is 92.0 Å². The molecule has 1 aliphatic heterocycles. The van der Waals surface area contributed by atoms with Crippen LogP contribution in [-0.4, -0.2) is 35.1 Å². The molecule has 0 aromatic heterocycles. The summed E-state index contributed by atoms with van der Waals surface area (Å²) in [5.74, 6) is -0.713. The number of carbonyl (C=O) groups is 3. The van der Waals surface area contributed by atoms with Crippen LogP contribution in [0.2, 0.25) is 5.02 Å². The lowest BCUT2D eigenvalue weighted by molar-refractivity contribution is -0.127. The first kappa shape index (κ1) is 27.7. The summed E-state index contributed by atoms with van der Waals surface area (Å²) in [6, 6.07) is 15.9. The zero-order valence-electron chi connectivity index (χ0n) is 20.0. The van der Waals surface area contributed by atoms with Gasteiger partial charge in [-0.2, -0.15) is 0 Å². The topological polar surface area (TPSA) is 84.9 Å². The highest BCUT2D eigenvalue weighted by molar-refractivity contribution is 9.10. The van der Waals surface area contributed by atoms with Gasteiger partial charge in [0.05, 0.1) is 16.0 Å². The average molecular weight is 620 g/mol. The van der Waals surface area contributed by atoms with Gasteiger partial charge in [-0.25, -0.2) is 4.39 Å². The maximum absolute atomic E-state index is 13.1. The molecule has 1 N–H and O–H groups in total. The molecule has 3 aromatic rings. The van der Waals surface area contributed by atoms with Gasteiger partial charge in [-0.15, -0.1) is 0 Å². The third kappa shape index (κ3) is 6.75. The molecule has 0 spiro atoms. The number of benzene rings is 3. The lowest BCUT2D eigenvalue weighted by atomic mass is 10.1. The maximum atomic E-state index is 13.1. The summed E-state index contributed by atoms with van der Waals surface area (Å²) in [6.45, 7) is 1.96. The van der Waals surface area contributed by atoms with E-state index >= 15 is 0 Å². The molecule has 1 saturated heterocycles. The van der Waals surface area contributed by atoms with E-state index in [2.05, 4.69) is 21.2 Å². The Morgan fingerprint density at radius 2 is 1.87 bits per heavy atom. The molecule has 0 unspecified atom stereocenters. The minimum Gasteiger partial charge on any atom is -0.490 e. The van der Waals surface area contributed by atoms with Crippen molar-refractivity contribution in [3.8, 4) is 11.5 Å². The number of hydrogen-bond donors (Lipinski definition) is 1. The van der Waals surface area contributed by atoms with E-state index in [1.54, 1.807) is 24.3 Å². The summed E-state index contributed by atoms with van der Waals surface area (Å²) >= 11 is 10.5. The van der Waals surface area contributed by atoms with Crippen molar-refractivity contribution in [1.29, 1.82) is 0 Å². The quantitative estimate of drug-likeness (QED) is 0.263. The van der Waals surface area contributed by atoms with Gasteiger partial charge in [0.2, 0.25) is 5.91 Å². The summed E-state index contributed by atoms with van der Waals surface area (Å²) < 4.78 is 25.4. The van der Waals surface area contributed by atoms with E-state index in [-0.39, 0.29) is 11.5 Å². The number of nitrogens with zero attached hydrogens (tertiary/aromatic N) is 1. The van der Waals surface area contributed by atoms with Gasteiger partial charge in [0, 0.05) is 16.3 Å². The smallest absolute Gasteiger partial charge is 0.294 e. The van der Waals surface area contributed by atoms with E-state index in [1.165, 1.54) is 24.3 Å². The van der Waals surface area contributed by atoms with E-state index in [0.29, 0.717) is 38.9 Å². The number of carbonyl (C=O) groups excluding carboxylic acids is 3. The lowest BCUT2D eigenvalue weighted by Crippen LogP contribution is -2.36. The summed E-state index contributed by atoms with van der Waals surface area (Å²) in [5, 5.41) is 2.55. The summed E-state index contributed by atoms with van der Waals surface area (Å²) in [6.07, 6.45) is 1.55. The van der Waals surface area contributed by atoms with E-state index in [9.17, 15) is 18.8 Å². The zero-order chi connectivity index (χ0) is 27.2. The molecule has 3 aromatic carbocycles. The fraction of sp³-hybridized carbons (Fsp3) is 0.148. The molecule has 1 heterocycles. The van der Waals surface area contributed by atoms with Crippen molar-refractivity contribution in [2.24, 2.45) is 0 Å². The van der Waals surface area contributed by atoms with Crippen LogP contribution in [0.4, 0.5) is 14.9 Å². The molecule has 38 heavy (non-hydrogen) atoms. The highest BCUT2D eigenvalue weighted by atomic mass is 79.9. The third-order valence-corrected chi connectivity index (χ3v) is 7.13. The second kappa shape index (κ2) is 12.5. The van der Waals surface area contributed by atoms with Crippen LogP contribution < -0.4 is 14.8 Å². The van der Waals surface area contributed by atoms with Crippen LogP contribution in [-0.2, 0) is 16.2 Å². The standard InChI is InChI=1S/C27H21BrClFN2O5S/c1-2-36-22-12-16(11-20(28)25(22)37-15-17-5-3-4-6-21(17)29)13-23-26(34)32(27(35)38-23)14-24(33)31-19-9-7-18(30)8-10-19/h3-13H,2,14-15H2,1H3,(H,31,33)/b23-13-. The third-order valence-electron chi connectivity index (χ3n) is 5.26. The Morgan fingerprint density at radius 3 is 2.58 bits per heavy atom. The van der Waals surface area contributed by atoms with Gasteiger partial charge >= 0.3 is 0 Å². The molecular formula is C27H21BrClFN2O5S. The monoisotopic (exact) mass is 618 g/mol. The molecule has 196 valence electrons. The lowest BCUT2D eigenvalue weighted by Gasteiger charge is -2.15. The first-order chi connectivity index (χ1) is 18.2. The predicted octanol–water partition coefficient (Wildman–Crippen LogP) is 6.89. The summed E-state index contributed by atoms with van der Waals surface area (Å²) in [4.78, 5) is 38.8. The van der Waals surface area contributed by atoms with Crippen molar-refractivity contribution in [1.82, 2.24) is 4.90 Å². The molecule has 0 atom stereocenters. The molecule has 11 heteroatoms. The average Bonchev–Trinajstić information content (AvgIpc) is 3.13. The van der Waals surface area contributed by atoms with Crippen LogP contribution in [0.5, 0.6) is 11.5 Å². The van der Waals surface area contributed by atoms with E-state index in [0.717, 1.165) is 22.2 Å². The van der Waals surface area contributed by atoms with Gasteiger partial charge in [-0.1, -0.05) is 29.8 Å². The van der Waals surface area contributed by atoms with Crippen molar-refractivity contribution >= 4 is 68.1 Å². The summed E-state index contributed by atoms with van der Waals surface area (Å²) in [5.41, 5.74) is 1.75. The number of rotatable bonds is 9. The van der Waals surface area contributed by atoms with E-state index < -0.39 is 29.4 Å². The normalized spacial score (nSPS) is 14.2. The Bertz CT molecular complexity index is 1420. The highest BCUT2D eigenvalue weighted by Gasteiger charge is 2.36. The number of amides is 3. The van der Waals surface area contributed by atoms with Crippen molar-refractivity contribution in [2.45, 2.75) is 13.5 Å². The van der Waals surface area contributed by atoms with Gasteiger partial charge in [0.1, 0.15) is 19.0 Å². The van der Waals surface area contributed by atoms with Gasteiger partial charge in [-0.3, -0.25) is 19.3 Å². The Labute approximate surface area is 236 Å². The SMILES string of the molecule is CCOc1cc(/C=C2\SC(=O)N(CC(=O)Nc3ccc(F)cc3)C2=O)cc(Br)c1OCc1ccccc1Cl. The molecule has 7 nitrogen and oxygen atoms in total. The molecule has 1 fully saturated rings. The number of anilines is 1. The number of nitrogens with one attached hydrogen (secondary N) is 1. The van der Waals surface area contributed by atoms with E-state index in [1.807, 2.05) is 25.1 Å². The first-order valence-corrected chi connectivity index (χ1v) is 13.4. The molecule has 4 rings (SSSR count). The van der Waals surface area contributed by atoms with Gasteiger partial charge < -0.3 is 14.8 Å². The zero-order valence-corrected chi connectivity index (χ0v) is 23.2. The summed E-state index contributed by atoms with van der Waals surface area (Å²) in [7, 11) is 0. The van der Waals surface area contributed by atoms with E-state index in [4.69, 9.17) is 21.1 Å². The van der Waals surface area contributed by atoms with Gasteiger partial charge in [-0.05, 0) is 88.7 Å². The Hall–Kier alpha value is -3.34. The first-order valence-electron chi connectivity index (χ1n) is 11.4. The molecular weight excluding hydrogens is 599 g/mol. The highest BCUT2D eigenvalue weighted by Crippen LogP contribution is 2.40. The van der Waals surface area contributed by atoms with Crippen LogP contribution in [0, 0.1) is 5.82 Å². The largest absolute Gasteiger partial charge is 0.490 e. The fourth-order valence-electron chi connectivity index (χ4n) is 3.50. The van der Waals surface area contributed by atoms with Crippen LogP contribution >= 0.6 is 39.3 Å². The number of ether oxygens (including phenoxy) is 2. The minimum absolute atomic E-state index is 0.156.